The maximum atomic E-state index is 13.5. The first-order valence-electron chi connectivity index (χ1n) is 5.71. The fourth-order valence-corrected chi connectivity index (χ4v) is 2.48. The Kier molecular flexibility index (Phi) is 4.46. The topological polar surface area (TPSA) is 23.5 Å². The van der Waals surface area contributed by atoms with Crippen LogP contribution in [0.1, 0.15) is 46.0 Å². The van der Waals surface area contributed by atoms with Gasteiger partial charge in [0.05, 0.1) is 6.67 Å². The van der Waals surface area contributed by atoms with Crippen LogP contribution in [0.5, 0.6) is 0 Å². The Hall–Kier alpha value is -0.220. The fourth-order valence-electron chi connectivity index (χ4n) is 2.48. The van der Waals surface area contributed by atoms with Crippen LogP contribution in [0, 0.1) is 0 Å². The lowest BCUT2D eigenvalue weighted by atomic mass is 9.82. The molecule has 1 aliphatic rings. The van der Waals surface area contributed by atoms with Crippen molar-refractivity contribution < 1.29 is 14.0 Å². The second-order valence-electron chi connectivity index (χ2n) is 4.76. The minimum absolute atomic E-state index is 0.157. The minimum Gasteiger partial charge on any atom is -0.313 e. The molecule has 0 radical (unpaired) electrons. The maximum absolute atomic E-state index is 13.5. The molecular weight excluding hydrogens is 200 g/mol. The van der Waals surface area contributed by atoms with Crippen LogP contribution < -0.4 is 0 Å². The predicted octanol–water partition coefficient (Wildman–Crippen LogP) is 3.10. The van der Waals surface area contributed by atoms with E-state index >= 15 is 0 Å². The zero-order valence-corrected chi connectivity index (χ0v) is 9.55. The van der Waals surface area contributed by atoms with E-state index in [1.807, 2.05) is 6.92 Å². The summed E-state index contributed by atoms with van der Waals surface area (Å²) in [6, 6.07) is -0.157. The van der Waals surface area contributed by atoms with Gasteiger partial charge in [0.2, 0.25) is 0 Å². The Balaban J connectivity index is 2.70. The van der Waals surface area contributed by atoms with Gasteiger partial charge in [-0.3, -0.25) is 4.39 Å². The highest BCUT2D eigenvalue weighted by Crippen LogP contribution is 2.36. The maximum Gasteiger partial charge on any atom is 0.104 e. The van der Waals surface area contributed by atoms with Gasteiger partial charge in [-0.15, -0.1) is 0 Å². The van der Waals surface area contributed by atoms with Gasteiger partial charge in [0.1, 0.15) is 6.17 Å². The quantitative estimate of drug-likeness (QED) is 0.788. The molecule has 0 saturated carbocycles. The molecule has 15 heavy (non-hydrogen) atoms. The van der Waals surface area contributed by atoms with Crippen LogP contribution in [-0.4, -0.2) is 34.7 Å². The van der Waals surface area contributed by atoms with Gasteiger partial charge in [0.25, 0.3) is 0 Å². The van der Waals surface area contributed by atoms with Gasteiger partial charge in [-0.05, 0) is 32.6 Å². The number of piperidine rings is 1. The molecule has 1 N–H and O–H groups in total. The van der Waals surface area contributed by atoms with Crippen molar-refractivity contribution in [1.82, 2.24) is 5.06 Å². The van der Waals surface area contributed by atoms with Crippen LogP contribution in [0.3, 0.4) is 0 Å². The van der Waals surface area contributed by atoms with Gasteiger partial charge in [0, 0.05) is 11.6 Å². The molecule has 90 valence electrons. The average molecular weight is 221 g/mol. The van der Waals surface area contributed by atoms with Crippen molar-refractivity contribution in [2.75, 3.05) is 6.67 Å². The molecule has 0 amide bonds. The zero-order chi connectivity index (χ0) is 11.5. The van der Waals surface area contributed by atoms with Gasteiger partial charge >= 0.3 is 0 Å². The van der Waals surface area contributed by atoms with Crippen LogP contribution in [0.4, 0.5) is 8.78 Å². The van der Waals surface area contributed by atoms with Gasteiger partial charge in [-0.2, -0.15) is 5.06 Å². The largest absolute Gasteiger partial charge is 0.313 e. The minimum atomic E-state index is -0.915. The van der Waals surface area contributed by atoms with E-state index in [1.165, 1.54) is 5.06 Å². The lowest BCUT2D eigenvalue weighted by Gasteiger charge is -2.46. The molecule has 2 nitrogen and oxygen atoms in total. The molecule has 0 aliphatic carbocycles. The van der Waals surface area contributed by atoms with Crippen LogP contribution in [-0.2, 0) is 0 Å². The molecule has 0 aromatic carbocycles. The zero-order valence-electron chi connectivity index (χ0n) is 9.55. The van der Waals surface area contributed by atoms with E-state index in [2.05, 4.69) is 0 Å². The summed E-state index contributed by atoms with van der Waals surface area (Å²) in [6.07, 6.45) is 1.55. The second-order valence-corrected chi connectivity index (χ2v) is 4.76. The molecule has 0 aromatic heterocycles. The summed E-state index contributed by atoms with van der Waals surface area (Å²) in [4.78, 5) is 0. The summed E-state index contributed by atoms with van der Waals surface area (Å²) >= 11 is 0. The van der Waals surface area contributed by atoms with Crippen LogP contribution >= 0.6 is 0 Å². The van der Waals surface area contributed by atoms with E-state index in [9.17, 15) is 14.0 Å². The van der Waals surface area contributed by atoms with Crippen molar-refractivity contribution in [2.24, 2.45) is 0 Å². The highest BCUT2D eigenvalue weighted by molar-refractivity contribution is 4.93. The first-order valence-corrected chi connectivity index (χ1v) is 5.71. The van der Waals surface area contributed by atoms with E-state index in [4.69, 9.17) is 0 Å². The summed E-state index contributed by atoms with van der Waals surface area (Å²) in [5.41, 5.74) is -0.730. The second kappa shape index (κ2) is 5.21. The average Bonchev–Trinajstić information content (AvgIpc) is 2.14. The highest BCUT2D eigenvalue weighted by Gasteiger charge is 2.42. The molecule has 0 bridgehead atoms. The molecule has 0 spiro atoms. The molecule has 1 heterocycles. The lowest BCUT2D eigenvalue weighted by molar-refractivity contribution is -0.230. The molecule has 1 fully saturated rings. The third kappa shape index (κ3) is 2.88. The van der Waals surface area contributed by atoms with E-state index in [0.29, 0.717) is 6.42 Å². The Bertz CT molecular complexity index is 203. The van der Waals surface area contributed by atoms with Crippen molar-refractivity contribution in [3.05, 3.63) is 0 Å². The summed E-state index contributed by atoms with van der Waals surface area (Å²) in [6.45, 7) is 3.22. The summed E-state index contributed by atoms with van der Waals surface area (Å²) in [5, 5.41) is 11.2. The van der Waals surface area contributed by atoms with Crippen molar-refractivity contribution >= 4 is 0 Å². The lowest BCUT2D eigenvalue weighted by Crippen LogP contribution is -2.56. The smallest absolute Gasteiger partial charge is 0.104 e. The Morgan fingerprint density at radius 1 is 1.53 bits per heavy atom. The molecule has 1 rings (SSSR count). The standard InChI is InChI=1S/C11H21F2NO/c1-3-4-10-7-9(13)8-11(2,5-6-12)14(10)15/h9-10,15H,3-8H2,1-2H3. The molecular formula is C11H21F2NO. The SMILES string of the molecule is CCCC1CC(F)CC(C)(CCF)N1O. The third-order valence-corrected chi connectivity index (χ3v) is 3.34. The number of rotatable bonds is 4. The van der Waals surface area contributed by atoms with Crippen molar-refractivity contribution in [3.63, 3.8) is 0 Å². The van der Waals surface area contributed by atoms with Crippen LogP contribution in [0.15, 0.2) is 0 Å². The first-order chi connectivity index (χ1) is 7.03. The number of nitrogens with zero attached hydrogens (tertiary/aromatic N) is 1. The highest BCUT2D eigenvalue weighted by atomic mass is 19.1. The first kappa shape index (κ1) is 12.8. The fraction of sp³-hybridized carbons (Fsp3) is 1.00. The summed E-state index contributed by atoms with van der Waals surface area (Å²) in [5.74, 6) is 0. The van der Waals surface area contributed by atoms with Gasteiger partial charge in [-0.1, -0.05) is 13.3 Å². The normalized spacial score (nSPS) is 38.2. The van der Waals surface area contributed by atoms with Crippen LogP contribution in [0.25, 0.3) is 0 Å². The third-order valence-electron chi connectivity index (χ3n) is 3.34. The Morgan fingerprint density at radius 2 is 2.20 bits per heavy atom. The Labute approximate surface area is 90.2 Å². The molecule has 1 saturated heterocycles. The van der Waals surface area contributed by atoms with E-state index in [0.717, 1.165) is 12.8 Å². The molecule has 4 heteroatoms. The van der Waals surface area contributed by atoms with Crippen molar-refractivity contribution in [1.29, 1.82) is 0 Å². The Morgan fingerprint density at radius 3 is 2.73 bits per heavy atom. The number of hydrogen-bond donors (Lipinski definition) is 1. The number of hydrogen-bond acceptors (Lipinski definition) is 2. The summed E-state index contributed by atoms with van der Waals surface area (Å²) in [7, 11) is 0. The molecule has 3 unspecified atom stereocenters. The number of alkyl halides is 2. The van der Waals surface area contributed by atoms with Gasteiger partial charge < -0.3 is 5.21 Å². The number of hydroxylamine groups is 2. The monoisotopic (exact) mass is 221 g/mol. The number of halogens is 2. The van der Waals surface area contributed by atoms with E-state index < -0.39 is 18.4 Å². The van der Waals surface area contributed by atoms with Gasteiger partial charge in [-0.25, -0.2) is 4.39 Å². The predicted molar refractivity (Wildman–Crippen MR) is 55.4 cm³/mol. The molecule has 0 aromatic rings. The van der Waals surface area contributed by atoms with Gasteiger partial charge in [0.15, 0.2) is 0 Å². The van der Waals surface area contributed by atoms with Crippen molar-refractivity contribution in [3.8, 4) is 0 Å². The summed E-state index contributed by atoms with van der Waals surface area (Å²) < 4.78 is 25.9. The van der Waals surface area contributed by atoms with Crippen molar-refractivity contribution in [2.45, 2.75) is 63.7 Å². The molecule has 3 atom stereocenters. The van der Waals surface area contributed by atoms with Crippen LogP contribution in [0.2, 0.25) is 0 Å². The van der Waals surface area contributed by atoms with E-state index in [1.54, 1.807) is 6.92 Å². The molecule has 1 aliphatic heterocycles. The van der Waals surface area contributed by atoms with E-state index in [-0.39, 0.29) is 18.9 Å².